The molecular weight excluding hydrogens is 208 g/mol. The summed E-state index contributed by atoms with van der Waals surface area (Å²) >= 11 is 0.689. The summed E-state index contributed by atoms with van der Waals surface area (Å²) in [6.45, 7) is 0. The second-order valence-corrected chi connectivity index (χ2v) is 3.12. The highest BCUT2D eigenvalue weighted by atomic mass is 32.1. The maximum atomic E-state index is 10.5. The first-order valence-corrected chi connectivity index (χ1v) is 4.27. The Kier molecular flexibility index (Phi) is 1.89. The van der Waals surface area contributed by atoms with Crippen molar-refractivity contribution in [1.82, 2.24) is 9.59 Å². The molecule has 0 atom stereocenters. The molecular formula is C6H4N4O3S. The Balaban J connectivity index is 2.57. The number of furan rings is 1. The van der Waals surface area contributed by atoms with Gasteiger partial charge in [0.05, 0.1) is 28.4 Å². The van der Waals surface area contributed by atoms with Gasteiger partial charge in [0.25, 0.3) is 0 Å². The van der Waals surface area contributed by atoms with Crippen LogP contribution in [0.2, 0.25) is 0 Å². The predicted octanol–water partition coefficient (Wildman–Crippen LogP) is 1.29. The highest BCUT2D eigenvalue weighted by Gasteiger charge is 2.24. The van der Waals surface area contributed by atoms with Gasteiger partial charge < -0.3 is 10.2 Å². The Morgan fingerprint density at radius 1 is 1.64 bits per heavy atom. The summed E-state index contributed by atoms with van der Waals surface area (Å²) < 4.78 is 8.45. The van der Waals surface area contributed by atoms with Gasteiger partial charge in [-0.3, -0.25) is 10.1 Å². The van der Waals surface area contributed by atoms with E-state index in [-0.39, 0.29) is 16.5 Å². The van der Waals surface area contributed by atoms with Crippen molar-refractivity contribution >= 4 is 22.2 Å². The molecule has 0 aliphatic heterocycles. The number of anilines is 1. The summed E-state index contributed by atoms with van der Waals surface area (Å²) in [6.07, 6.45) is 1.34. The van der Waals surface area contributed by atoms with Gasteiger partial charge in [-0.05, 0) is 0 Å². The summed E-state index contributed by atoms with van der Waals surface area (Å²) in [7, 11) is 0. The minimum absolute atomic E-state index is 0.0718. The lowest BCUT2D eigenvalue weighted by atomic mass is 10.3. The van der Waals surface area contributed by atoms with Crippen LogP contribution in [0.4, 0.5) is 10.7 Å². The predicted molar refractivity (Wildman–Crippen MR) is 48.7 cm³/mol. The van der Waals surface area contributed by atoms with Crippen LogP contribution in [-0.4, -0.2) is 14.5 Å². The molecule has 0 fully saturated rings. The fourth-order valence-corrected chi connectivity index (χ4v) is 1.45. The lowest BCUT2D eigenvalue weighted by molar-refractivity contribution is -0.379. The molecule has 0 spiro atoms. The van der Waals surface area contributed by atoms with Gasteiger partial charge in [-0.2, -0.15) is 0 Å². The van der Waals surface area contributed by atoms with Crippen molar-refractivity contribution in [1.29, 1.82) is 0 Å². The van der Waals surface area contributed by atoms with Gasteiger partial charge >= 0.3 is 5.00 Å². The minimum atomic E-state index is -0.567. The number of rotatable bonds is 2. The van der Waals surface area contributed by atoms with Gasteiger partial charge in [-0.25, -0.2) is 0 Å². The van der Waals surface area contributed by atoms with E-state index in [0.29, 0.717) is 17.2 Å². The lowest BCUT2D eigenvalue weighted by Gasteiger charge is -1.91. The number of nitrogen functional groups attached to an aromatic ring is 1. The largest absolute Gasteiger partial charge is 0.460 e. The highest BCUT2D eigenvalue weighted by Crippen LogP contribution is 2.34. The van der Waals surface area contributed by atoms with Crippen LogP contribution in [0.15, 0.2) is 16.7 Å². The molecule has 0 aliphatic carbocycles. The molecule has 2 heterocycles. The molecule has 0 radical (unpaired) electrons. The molecule has 0 bridgehead atoms. The molecule has 0 unspecified atom stereocenters. The molecule has 2 N–H and O–H groups in total. The monoisotopic (exact) mass is 212 g/mol. The van der Waals surface area contributed by atoms with E-state index in [0.717, 1.165) is 0 Å². The van der Waals surface area contributed by atoms with Gasteiger partial charge in [0.1, 0.15) is 0 Å². The molecule has 2 rings (SSSR count). The Morgan fingerprint density at radius 2 is 2.43 bits per heavy atom. The molecule has 0 saturated heterocycles. The topological polar surface area (TPSA) is 108 Å². The quantitative estimate of drug-likeness (QED) is 0.593. The Morgan fingerprint density at radius 3 is 3.00 bits per heavy atom. The maximum Gasteiger partial charge on any atom is 0.374 e. The van der Waals surface area contributed by atoms with Crippen LogP contribution in [0.3, 0.4) is 0 Å². The zero-order valence-corrected chi connectivity index (χ0v) is 7.52. The molecule has 0 amide bonds. The van der Waals surface area contributed by atoms with E-state index in [1.165, 1.54) is 12.3 Å². The van der Waals surface area contributed by atoms with E-state index in [4.69, 9.17) is 10.2 Å². The SMILES string of the molecule is Nc1ccoc1-c1nnsc1[N+](=O)[O-]. The van der Waals surface area contributed by atoms with E-state index in [2.05, 4.69) is 9.59 Å². The summed E-state index contributed by atoms with van der Waals surface area (Å²) in [6, 6.07) is 1.50. The van der Waals surface area contributed by atoms with E-state index in [9.17, 15) is 10.1 Å². The first-order chi connectivity index (χ1) is 6.70. The molecule has 7 nitrogen and oxygen atoms in total. The van der Waals surface area contributed by atoms with Crippen LogP contribution in [-0.2, 0) is 0 Å². The molecule has 0 saturated carbocycles. The first kappa shape index (κ1) is 8.63. The fourth-order valence-electron chi connectivity index (χ4n) is 0.960. The Hall–Kier alpha value is -1.96. The second-order valence-electron chi connectivity index (χ2n) is 2.39. The van der Waals surface area contributed by atoms with Crippen molar-refractivity contribution in [2.24, 2.45) is 0 Å². The number of hydrogen-bond acceptors (Lipinski definition) is 7. The average molecular weight is 212 g/mol. The minimum Gasteiger partial charge on any atom is -0.460 e. The number of aromatic nitrogens is 2. The van der Waals surface area contributed by atoms with Gasteiger partial charge in [-0.15, -0.1) is 5.10 Å². The van der Waals surface area contributed by atoms with Crippen molar-refractivity contribution < 1.29 is 9.34 Å². The fraction of sp³-hybridized carbons (Fsp3) is 0. The average Bonchev–Trinajstić information content (AvgIpc) is 2.70. The van der Waals surface area contributed by atoms with Crippen LogP contribution in [0.25, 0.3) is 11.5 Å². The van der Waals surface area contributed by atoms with Gasteiger partial charge in [-0.1, -0.05) is 4.49 Å². The van der Waals surface area contributed by atoms with Crippen molar-refractivity contribution in [2.45, 2.75) is 0 Å². The number of nitrogens with two attached hydrogens (primary N) is 1. The summed E-state index contributed by atoms with van der Waals surface area (Å²) in [4.78, 5) is 9.98. The van der Waals surface area contributed by atoms with E-state index >= 15 is 0 Å². The van der Waals surface area contributed by atoms with E-state index in [1.54, 1.807) is 0 Å². The van der Waals surface area contributed by atoms with E-state index < -0.39 is 4.92 Å². The molecule has 2 aromatic rings. The normalized spacial score (nSPS) is 10.3. The number of nitrogens with zero attached hydrogens (tertiary/aromatic N) is 3. The standard InChI is InChI=1S/C6H4N4O3S/c7-3-1-2-13-5(3)4-6(10(11)12)14-9-8-4/h1-2H,7H2. The molecule has 8 heteroatoms. The van der Waals surface area contributed by atoms with Crippen LogP contribution in [0.1, 0.15) is 0 Å². The van der Waals surface area contributed by atoms with Gasteiger partial charge in [0.2, 0.25) is 5.69 Å². The van der Waals surface area contributed by atoms with Crippen LogP contribution >= 0.6 is 11.5 Å². The lowest BCUT2D eigenvalue weighted by Crippen LogP contribution is -1.90. The Labute approximate surface area is 81.5 Å². The molecule has 0 aromatic carbocycles. The van der Waals surface area contributed by atoms with Gasteiger partial charge in [0.15, 0.2) is 5.76 Å². The summed E-state index contributed by atoms with van der Waals surface area (Å²) in [5, 5.41) is 14.0. The molecule has 72 valence electrons. The second kappa shape index (κ2) is 3.07. The van der Waals surface area contributed by atoms with Crippen molar-refractivity contribution in [3.8, 4) is 11.5 Å². The zero-order chi connectivity index (χ0) is 10.1. The smallest absolute Gasteiger partial charge is 0.374 e. The van der Waals surface area contributed by atoms with E-state index in [1.807, 2.05) is 0 Å². The molecule has 0 aliphatic rings. The number of hydrogen-bond donors (Lipinski definition) is 1. The summed E-state index contributed by atoms with van der Waals surface area (Å²) in [5.41, 5.74) is 5.90. The number of nitro groups is 1. The van der Waals surface area contributed by atoms with Crippen LogP contribution < -0.4 is 5.73 Å². The third-order valence-electron chi connectivity index (χ3n) is 1.55. The summed E-state index contributed by atoms with van der Waals surface area (Å²) in [5.74, 6) is 0.186. The Bertz CT molecular complexity index is 477. The highest BCUT2D eigenvalue weighted by molar-refractivity contribution is 7.09. The van der Waals surface area contributed by atoms with Crippen molar-refractivity contribution in [3.05, 3.63) is 22.4 Å². The van der Waals surface area contributed by atoms with Crippen molar-refractivity contribution in [3.63, 3.8) is 0 Å². The molecule has 14 heavy (non-hydrogen) atoms. The third-order valence-corrected chi connectivity index (χ3v) is 2.23. The first-order valence-electron chi connectivity index (χ1n) is 3.50. The maximum absolute atomic E-state index is 10.5. The van der Waals surface area contributed by atoms with Crippen molar-refractivity contribution in [2.75, 3.05) is 5.73 Å². The zero-order valence-electron chi connectivity index (χ0n) is 6.71. The molecule has 2 aromatic heterocycles. The van der Waals surface area contributed by atoms with Gasteiger partial charge in [0, 0.05) is 6.07 Å². The third kappa shape index (κ3) is 1.21. The van der Waals surface area contributed by atoms with Crippen LogP contribution in [0.5, 0.6) is 0 Å². The van der Waals surface area contributed by atoms with Crippen LogP contribution in [0, 0.1) is 10.1 Å².